The first-order chi connectivity index (χ1) is 13.1. The topological polar surface area (TPSA) is 116 Å². The Morgan fingerprint density at radius 1 is 1.32 bits per heavy atom. The molecule has 2 N–H and O–H groups in total. The summed E-state index contributed by atoms with van der Waals surface area (Å²) in [4.78, 5) is 44.2. The first-order valence-electron chi connectivity index (χ1n) is 9.06. The number of rotatable bonds is 4. The fourth-order valence-electron chi connectivity index (χ4n) is 3.61. The molecule has 1 aliphatic rings. The van der Waals surface area contributed by atoms with Crippen LogP contribution in [0.5, 0.6) is 0 Å². The average Bonchev–Trinajstić information content (AvgIpc) is 2.95. The van der Waals surface area contributed by atoms with Crippen LogP contribution in [-0.2, 0) is 17.6 Å². The van der Waals surface area contributed by atoms with Gasteiger partial charge in [0, 0.05) is 18.5 Å². The third-order valence-electron chi connectivity index (χ3n) is 5.00. The van der Waals surface area contributed by atoms with Crippen molar-refractivity contribution in [2.45, 2.75) is 53.4 Å². The summed E-state index contributed by atoms with van der Waals surface area (Å²) in [6, 6.07) is 1.91. The molecule has 0 aliphatic heterocycles. The first kappa shape index (κ1) is 20.0. The Hall–Kier alpha value is -2.79. The van der Waals surface area contributed by atoms with E-state index in [4.69, 9.17) is 5.26 Å². The monoisotopic (exact) mass is 398 g/mol. The van der Waals surface area contributed by atoms with Gasteiger partial charge in [-0.25, -0.2) is 4.98 Å². The summed E-state index contributed by atoms with van der Waals surface area (Å²) in [6.07, 6.45) is 1.78. The maximum absolute atomic E-state index is 12.4. The van der Waals surface area contributed by atoms with E-state index >= 15 is 0 Å². The van der Waals surface area contributed by atoms with Gasteiger partial charge < -0.3 is 10.3 Å². The van der Waals surface area contributed by atoms with Crippen LogP contribution >= 0.6 is 11.3 Å². The highest BCUT2D eigenvalue weighted by Gasteiger charge is 2.34. The molecule has 3 rings (SSSR count). The summed E-state index contributed by atoms with van der Waals surface area (Å²) >= 11 is 1.23. The predicted octanol–water partition coefficient (Wildman–Crippen LogP) is 3.05. The van der Waals surface area contributed by atoms with Gasteiger partial charge in [0.25, 0.3) is 5.56 Å². The molecule has 2 aromatic heterocycles. The SMILES string of the molecule is Cc1[nH]c(=O)c(C#N)c(C)c1CCC(=O)Nc1nc2c(s1)C(=O)CC(C)(C)C2. The van der Waals surface area contributed by atoms with Gasteiger partial charge in [0.05, 0.1) is 10.6 Å². The molecule has 0 unspecified atom stereocenters. The second kappa shape index (κ2) is 7.32. The minimum absolute atomic E-state index is 0.0766. The fraction of sp³-hybridized carbons (Fsp3) is 0.450. The van der Waals surface area contributed by atoms with Crippen LogP contribution in [0.15, 0.2) is 4.79 Å². The standard InChI is InChI=1S/C20H22N4O3S/c1-10-12(11(2)22-18(27)13(10)9-21)5-6-16(26)24-19-23-14-7-20(3,4)8-15(25)17(14)28-19/h5-8H2,1-4H3,(H,22,27)(H,23,24,26). The van der Waals surface area contributed by atoms with Crippen LogP contribution in [0.25, 0.3) is 0 Å². The number of carbonyl (C=O) groups is 2. The van der Waals surface area contributed by atoms with Crippen LogP contribution < -0.4 is 10.9 Å². The van der Waals surface area contributed by atoms with Crippen molar-refractivity contribution in [3.05, 3.63) is 43.3 Å². The van der Waals surface area contributed by atoms with E-state index in [1.54, 1.807) is 13.8 Å². The van der Waals surface area contributed by atoms with Crippen LogP contribution in [0.2, 0.25) is 0 Å². The van der Waals surface area contributed by atoms with Crippen molar-refractivity contribution in [3.63, 3.8) is 0 Å². The van der Waals surface area contributed by atoms with Crippen LogP contribution in [-0.4, -0.2) is 21.7 Å². The molecule has 0 radical (unpaired) electrons. The Kier molecular flexibility index (Phi) is 5.22. The molecule has 2 heterocycles. The molecule has 1 amide bonds. The summed E-state index contributed by atoms with van der Waals surface area (Å²) in [5.41, 5.74) is 2.37. The average molecular weight is 398 g/mol. The number of thiazole rings is 1. The summed E-state index contributed by atoms with van der Waals surface area (Å²) in [5.74, 6) is -0.144. The molecule has 0 atom stereocenters. The van der Waals surface area contributed by atoms with Gasteiger partial charge >= 0.3 is 0 Å². The number of H-pyrrole nitrogens is 1. The molecule has 28 heavy (non-hydrogen) atoms. The highest BCUT2D eigenvalue weighted by molar-refractivity contribution is 7.17. The number of amides is 1. The normalized spacial score (nSPS) is 15.0. The van der Waals surface area contributed by atoms with Gasteiger partial charge in [0.15, 0.2) is 10.9 Å². The first-order valence-corrected chi connectivity index (χ1v) is 9.88. The van der Waals surface area contributed by atoms with E-state index < -0.39 is 5.56 Å². The number of nitrogens with one attached hydrogen (secondary N) is 2. The molecule has 1 aliphatic carbocycles. The van der Waals surface area contributed by atoms with E-state index in [2.05, 4.69) is 15.3 Å². The zero-order chi connectivity index (χ0) is 20.6. The van der Waals surface area contributed by atoms with Gasteiger partial charge in [0.2, 0.25) is 5.91 Å². The van der Waals surface area contributed by atoms with E-state index in [0.717, 1.165) is 11.3 Å². The quantitative estimate of drug-likeness (QED) is 0.821. The second-order valence-electron chi connectivity index (χ2n) is 7.95. The van der Waals surface area contributed by atoms with Crippen molar-refractivity contribution in [1.29, 1.82) is 5.26 Å². The van der Waals surface area contributed by atoms with Crippen LogP contribution in [0.4, 0.5) is 5.13 Å². The van der Waals surface area contributed by atoms with E-state index in [1.165, 1.54) is 11.3 Å². The van der Waals surface area contributed by atoms with E-state index in [-0.39, 0.29) is 29.1 Å². The molecule has 0 spiro atoms. The molecule has 0 saturated carbocycles. The summed E-state index contributed by atoms with van der Waals surface area (Å²) in [5, 5.41) is 12.4. The third kappa shape index (κ3) is 3.90. The number of hydrogen-bond acceptors (Lipinski definition) is 6. The van der Waals surface area contributed by atoms with E-state index in [9.17, 15) is 14.4 Å². The van der Waals surface area contributed by atoms with Crippen molar-refractivity contribution in [3.8, 4) is 6.07 Å². The third-order valence-corrected chi connectivity index (χ3v) is 6.06. The van der Waals surface area contributed by atoms with Gasteiger partial charge in [-0.05, 0) is 43.2 Å². The minimum Gasteiger partial charge on any atom is -0.325 e. The van der Waals surface area contributed by atoms with Gasteiger partial charge in [-0.3, -0.25) is 14.4 Å². The number of aromatic nitrogens is 2. The molecule has 0 fully saturated rings. The summed E-state index contributed by atoms with van der Waals surface area (Å²) < 4.78 is 0. The molecular formula is C20H22N4O3S. The van der Waals surface area contributed by atoms with Crippen molar-refractivity contribution in [1.82, 2.24) is 9.97 Å². The number of Topliss-reactive ketones (excluding diaryl/α,β-unsaturated/α-hetero) is 1. The second-order valence-corrected chi connectivity index (χ2v) is 8.95. The number of carbonyl (C=O) groups excluding carboxylic acids is 2. The summed E-state index contributed by atoms with van der Waals surface area (Å²) in [6.45, 7) is 7.55. The predicted molar refractivity (Wildman–Crippen MR) is 107 cm³/mol. The van der Waals surface area contributed by atoms with E-state index in [1.807, 2.05) is 19.9 Å². The van der Waals surface area contributed by atoms with Crippen LogP contribution in [0, 0.1) is 30.6 Å². The van der Waals surface area contributed by atoms with Crippen LogP contribution in [0.1, 0.15) is 64.4 Å². The number of nitrogens with zero attached hydrogens (tertiary/aromatic N) is 2. The highest BCUT2D eigenvalue weighted by atomic mass is 32.1. The number of anilines is 1. The molecule has 0 saturated heterocycles. The zero-order valence-electron chi connectivity index (χ0n) is 16.4. The molecule has 0 bridgehead atoms. The van der Waals surface area contributed by atoms with Gasteiger partial charge in [0.1, 0.15) is 11.6 Å². The van der Waals surface area contributed by atoms with Crippen molar-refractivity contribution < 1.29 is 9.59 Å². The largest absolute Gasteiger partial charge is 0.325 e. The number of aromatic amines is 1. The van der Waals surface area contributed by atoms with Gasteiger partial charge in [-0.1, -0.05) is 25.2 Å². The maximum atomic E-state index is 12.4. The Labute approximate surface area is 166 Å². The summed E-state index contributed by atoms with van der Waals surface area (Å²) in [7, 11) is 0. The lowest BCUT2D eigenvalue weighted by molar-refractivity contribution is -0.116. The minimum atomic E-state index is -0.411. The lowest BCUT2D eigenvalue weighted by Crippen LogP contribution is -2.26. The molecule has 8 heteroatoms. The number of aryl methyl sites for hydroxylation is 1. The van der Waals surface area contributed by atoms with Crippen molar-refractivity contribution in [2.75, 3.05) is 5.32 Å². The van der Waals surface area contributed by atoms with Crippen LogP contribution in [0.3, 0.4) is 0 Å². The Morgan fingerprint density at radius 3 is 2.71 bits per heavy atom. The molecular weight excluding hydrogens is 376 g/mol. The van der Waals surface area contributed by atoms with Gasteiger partial charge in [-0.2, -0.15) is 5.26 Å². The van der Waals surface area contributed by atoms with E-state index in [0.29, 0.717) is 40.5 Å². The molecule has 2 aromatic rings. The highest BCUT2D eigenvalue weighted by Crippen LogP contribution is 2.38. The van der Waals surface area contributed by atoms with Gasteiger partial charge in [-0.15, -0.1) is 0 Å². The van der Waals surface area contributed by atoms with Crippen molar-refractivity contribution in [2.24, 2.45) is 5.41 Å². The number of ketones is 1. The molecule has 7 nitrogen and oxygen atoms in total. The number of fused-ring (bicyclic) bond motifs is 1. The molecule has 146 valence electrons. The smallest absolute Gasteiger partial charge is 0.266 e. The fourth-order valence-corrected chi connectivity index (χ4v) is 4.55. The lowest BCUT2D eigenvalue weighted by Gasteiger charge is -2.26. The Bertz CT molecular complexity index is 1070. The molecule has 0 aromatic carbocycles. The Morgan fingerprint density at radius 2 is 2.04 bits per heavy atom. The lowest BCUT2D eigenvalue weighted by atomic mass is 9.78. The number of pyridine rings is 1. The maximum Gasteiger partial charge on any atom is 0.266 e. The number of nitriles is 1. The zero-order valence-corrected chi connectivity index (χ0v) is 17.2. The number of hydrogen-bond donors (Lipinski definition) is 2. The van der Waals surface area contributed by atoms with Crippen molar-refractivity contribution >= 4 is 28.2 Å². The Balaban J connectivity index is 1.71.